The molecule has 0 spiro atoms. The fourth-order valence-electron chi connectivity index (χ4n) is 2.66. The lowest BCUT2D eigenvalue weighted by atomic mass is 10.1. The third-order valence-electron chi connectivity index (χ3n) is 3.73. The van der Waals surface area contributed by atoms with E-state index >= 15 is 0 Å². The molecule has 1 saturated heterocycles. The number of benzene rings is 1. The zero-order valence-corrected chi connectivity index (χ0v) is 13.9. The molecule has 1 unspecified atom stereocenters. The Morgan fingerprint density at radius 1 is 1.22 bits per heavy atom. The summed E-state index contributed by atoms with van der Waals surface area (Å²) < 4.78 is 10.9. The van der Waals surface area contributed by atoms with Gasteiger partial charge in [-0.2, -0.15) is 0 Å². The van der Waals surface area contributed by atoms with Crippen molar-refractivity contribution in [3.8, 4) is 11.5 Å². The maximum Gasteiger partial charge on any atom is 0.234 e. The number of ether oxygens (including phenoxy) is 2. The van der Waals surface area contributed by atoms with Crippen LogP contribution in [0.25, 0.3) is 0 Å². The fourth-order valence-corrected chi connectivity index (χ4v) is 3.86. The van der Waals surface area contributed by atoms with Gasteiger partial charge in [0.1, 0.15) is 5.37 Å². The Labute approximate surface area is 139 Å². The van der Waals surface area contributed by atoms with Crippen LogP contribution in [0.2, 0.25) is 0 Å². The van der Waals surface area contributed by atoms with E-state index in [-0.39, 0.29) is 11.3 Å². The van der Waals surface area contributed by atoms with Gasteiger partial charge in [0.25, 0.3) is 0 Å². The molecule has 0 saturated carbocycles. The van der Waals surface area contributed by atoms with E-state index in [0.29, 0.717) is 23.8 Å². The van der Waals surface area contributed by atoms with Gasteiger partial charge in [0.2, 0.25) is 5.91 Å². The number of nitrogens with zero attached hydrogens (tertiary/aromatic N) is 2. The molecule has 2 heterocycles. The van der Waals surface area contributed by atoms with Crippen LogP contribution < -0.4 is 9.47 Å². The van der Waals surface area contributed by atoms with E-state index < -0.39 is 0 Å². The highest BCUT2D eigenvalue weighted by atomic mass is 32.2. The second-order valence-electron chi connectivity index (χ2n) is 5.09. The summed E-state index contributed by atoms with van der Waals surface area (Å²) in [5.41, 5.74) is 1.81. The van der Waals surface area contributed by atoms with Gasteiger partial charge in [0.15, 0.2) is 11.5 Å². The van der Waals surface area contributed by atoms with Crippen LogP contribution in [-0.2, 0) is 11.3 Å². The van der Waals surface area contributed by atoms with E-state index in [0.717, 1.165) is 11.3 Å². The number of amides is 1. The first kappa shape index (κ1) is 15.7. The SMILES string of the molecule is COc1cccc(C2SCC(=O)N2Cc2ccccn2)c1OC. The molecule has 1 aliphatic heterocycles. The second-order valence-corrected chi connectivity index (χ2v) is 6.16. The number of hydrogen-bond donors (Lipinski definition) is 0. The van der Waals surface area contributed by atoms with E-state index in [1.807, 2.05) is 41.3 Å². The van der Waals surface area contributed by atoms with E-state index in [1.54, 1.807) is 32.2 Å². The minimum Gasteiger partial charge on any atom is -0.493 e. The van der Waals surface area contributed by atoms with Gasteiger partial charge in [-0.05, 0) is 18.2 Å². The van der Waals surface area contributed by atoms with Crippen LogP contribution in [0.4, 0.5) is 0 Å². The standard InChI is InChI=1S/C17H18N2O3S/c1-21-14-8-5-7-13(16(14)22-2)17-19(15(20)11-23-17)10-12-6-3-4-9-18-12/h3-9,17H,10-11H2,1-2H3. The summed E-state index contributed by atoms with van der Waals surface area (Å²) in [5.74, 6) is 1.91. The van der Waals surface area contributed by atoms with Crippen LogP contribution in [0.5, 0.6) is 11.5 Å². The minimum absolute atomic E-state index is 0.102. The molecule has 5 nitrogen and oxygen atoms in total. The number of aromatic nitrogens is 1. The zero-order valence-electron chi connectivity index (χ0n) is 13.1. The second kappa shape index (κ2) is 6.91. The molecule has 1 aromatic carbocycles. The van der Waals surface area contributed by atoms with Crippen LogP contribution in [0.3, 0.4) is 0 Å². The van der Waals surface area contributed by atoms with Crippen molar-refractivity contribution >= 4 is 17.7 Å². The lowest BCUT2D eigenvalue weighted by molar-refractivity contribution is -0.128. The van der Waals surface area contributed by atoms with Crippen LogP contribution in [0, 0.1) is 0 Å². The minimum atomic E-state index is -0.102. The maximum absolute atomic E-state index is 12.3. The van der Waals surface area contributed by atoms with Crippen LogP contribution >= 0.6 is 11.8 Å². The summed E-state index contributed by atoms with van der Waals surface area (Å²) in [5, 5.41) is -0.102. The number of rotatable bonds is 5. The monoisotopic (exact) mass is 330 g/mol. The van der Waals surface area contributed by atoms with Gasteiger partial charge < -0.3 is 14.4 Å². The van der Waals surface area contributed by atoms with Gasteiger partial charge in [-0.3, -0.25) is 9.78 Å². The first-order valence-electron chi connectivity index (χ1n) is 7.26. The number of hydrogen-bond acceptors (Lipinski definition) is 5. The van der Waals surface area contributed by atoms with Crippen molar-refractivity contribution in [1.29, 1.82) is 0 Å². The molecule has 1 atom stereocenters. The Morgan fingerprint density at radius 2 is 2.09 bits per heavy atom. The highest BCUT2D eigenvalue weighted by Gasteiger charge is 2.35. The molecule has 1 fully saturated rings. The largest absolute Gasteiger partial charge is 0.493 e. The molecule has 1 amide bonds. The molecular weight excluding hydrogens is 312 g/mol. The smallest absolute Gasteiger partial charge is 0.234 e. The lowest BCUT2D eigenvalue weighted by Gasteiger charge is -2.25. The lowest BCUT2D eigenvalue weighted by Crippen LogP contribution is -2.28. The topological polar surface area (TPSA) is 51.7 Å². The van der Waals surface area contributed by atoms with E-state index in [1.165, 1.54) is 0 Å². The van der Waals surface area contributed by atoms with E-state index in [4.69, 9.17) is 9.47 Å². The predicted octanol–water partition coefficient (Wildman–Crippen LogP) is 2.87. The molecule has 0 bridgehead atoms. The molecule has 1 aromatic heterocycles. The third kappa shape index (κ3) is 3.12. The number of pyridine rings is 1. The van der Waals surface area contributed by atoms with Crippen molar-refractivity contribution in [2.24, 2.45) is 0 Å². The van der Waals surface area contributed by atoms with Gasteiger partial charge in [0, 0.05) is 11.8 Å². The van der Waals surface area contributed by atoms with Crippen LogP contribution in [0.1, 0.15) is 16.6 Å². The molecule has 120 valence electrons. The van der Waals surface area contributed by atoms with E-state index in [9.17, 15) is 4.79 Å². The number of para-hydroxylation sites is 1. The Morgan fingerprint density at radius 3 is 2.78 bits per heavy atom. The molecule has 0 radical (unpaired) electrons. The normalized spacial score (nSPS) is 17.4. The number of methoxy groups -OCH3 is 2. The zero-order chi connectivity index (χ0) is 16.2. The van der Waals surface area contributed by atoms with Crippen LogP contribution in [-0.4, -0.2) is 35.8 Å². The van der Waals surface area contributed by atoms with Crippen molar-refractivity contribution in [2.45, 2.75) is 11.9 Å². The van der Waals surface area contributed by atoms with Crippen molar-refractivity contribution in [3.63, 3.8) is 0 Å². The Bertz CT molecular complexity index is 693. The first-order chi connectivity index (χ1) is 11.2. The Hall–Kier alpha value is -2.21. The quantitative estimate of drug-likeness (QED) is 0.844. The van der Waals surface area contributed by atoms with Crippen molar-refractivity contribution in [2.75, 3.05) is 20.0 Å². The molecule has 2 aromatic rings. The molecular formula is C17H18N2O3S. The summed E-state index contributed by atoms with van der Waals surface area (Å²) in [6.07, 6.45) is 1.74. The van der Waals surface area contributed by atoms with Gasteiger partial charge in [-0.25, -0.2) is 0 Å². The van der Waals surface area contributed by atoms with E-state index in [2.05, 4.69) is 4.98 Å². The van der Waals surface area contributed by atoms with Gasteiger partial charge >= 0.3 is 0 Å². The molecule has 6 heteroatoms. The van der Waals surface area contributed by atoms with Crippen molar-refractivity contribution in [1.82, 2.24) is 9.88 Å². The summed E-state index contributed by atoms with van der Waals surface area (Å²) >= 11 is 1.59. The molecule has 3 rings (SSSR count). The van der Waals surface area contributed by atoms with Gasteiger partial charge in [-0.15, -0.1) is 11.8 Å². The van der Waals surface area contributed by atoms with Crippen molar-refractivity contribution < 1.29 is 14.3 Å². The average molecular weight is 330 g/mol. The maximum atomic E-state index is 12.3. The Kier molecular flexibility index (Phi) is 4.71. The molecule has 0 aliphatic carbocycles. The molecule has 0 N–H and O–H groups in total. The Balaban J connectivity index is 1.93. The fraction of sp³-hybridized carbons (Fsp3) is 0.294. The highest BCUT2D eigenvalue weighted by molar-refractivity contribution is 8.00. The molecule has 1 aliphatic rings. The summed E-state index contributed by atoms with van der Waals surface area (Å²) in [6, 6.07) is 11.5. The third-order valence-corrected chi connectivity index (χ3v) is 4.96. The number of carbonyl (C=O) groups is 1. The van der Waals surface area contributed by atoms with Gasteiger partial charge in [0.05, 0.1) is 32.2 Å². The summed E-state index contributed by atoms with van der Waals surface area (Å²) in [6.45, 7) is 0.484. The average Bonchev–Trinajstić information content (AvgIpc) is 2.95. The van der Waals surface area contributed by atoms with Crippen LogP contribution in [0.15, 0.2) is 42.6 Å². The summed E-state index contributed by atoms with van der Waals surface area (Å²) in [4.78, 5) is 18.5. The number of thioether (sulfide) groups is 1. The summed E-state index contributed by atoms with van der Waals surface area (Å²) in [7, 11) is 3.23. The first-order valence-corrected chi connectivity index (χ1v) is 8.31. The highest BCUT2D eigenvalue weighted by Crippen LogP contribution is 2.45. The van der Waals surface area contributed by atoms with Gasteiger partial charge in [-0.1, -0.05) is 18.2 Å². The number of carbonyl (C=O) groups excluding carboxylic acids is 1. The predicted molar refractivity (Wildman–Crippen MR) is 89.5 cm³/mol. The molecule has 23 heavy (non-hydrogen) atoms. The van der Waals surface area contributed by atoms with Crippen molar-refractivity contribution in [3.05, 3.63) is 53.9 Å².